The summed E-state index contributed by atoms with van der Waals surface area (Å²) in [5, 5.41) is 0. The lowest BCUT2D eigenvalue weighted by Crippen LogP contribution is -2.13. The van der Waals surface area contributed by atoms with E-state index in [1.807, 2.05) is 18.2 Å². The maximum absolute atomic E-state index is 13.1. The molecule has 0 spiro atoms. The molecule has 5 heteroatoms. The molecule has 2 aromatic carbocycles. The molecule has 0 radical (unpaired) electrons. The zero-order valence-corrected chi connectivity index (χ0v) is 14.8. The molecule has 0 aliphatic heterocycles. The average Bonchev–Trinajstić information content (AvgIpc) is 2.79. The molecule has 0 saturated heterocycles. The van der Waals surface area contributed by atoms with Gasteiger partial charge in [0.2, 0.25) is 0 Å². The van der Waals surface area contributed by atoms with Crippen LogP contribution in [0.4, 0.5) is 0 Å². The summed E-state index contributed by atoms with van der Waals surface area (Å²) in [6.45, 7) is 3.38. The van der Waals surface area contributed by atoms with E-state index >= 15 is 0 Å². The quantitative estimate of drug-likeness (QED) is 0.620. The minimum absolute atomic E-state index is 0.148. The first-order valence-electron chi connectivity index (χ1n) is 8.74. The van der Waals surface area contributed by atoms with Crippen molar-refractivity contribution in [2.45, 2.75) is 39.5 Å². The van der Waals surface area contributed by atoms with Gasteiger partial charge in [-0.2, -0.15) is 0 Å². The van der Waals surface area contributed by atoms with Crippen LogP contribution in [0.2, 0.25) is 0 Å². The second kappa shape index (κ2) is 7.52. The molecular formula is C21H20O5. The van der Waals surface area contributed by atoms with Gasteiger partial charge in [-0.1, -0.05) is 38.1 Å². The second-order valence-electron chi connectivity index (χ2n) is 6.10. The van der Waals surface area contributed by atoms with Crippen LogP contribution in [-0.4, -0.2) is 17.7 Å². The monoisotopic (exact) mass is 352 g/mol. The normalized spacial score (nSPS) is 12.6. The fourth-order valence-corrected chi connectivity index (χ4v) is 3.00. The van der Waals surface area contributed by atoms with Gasteiger partial charge in [-0.05, 0) is 30.0 Å². The van der Waals surface area contributed by atoms with Crippen LogP contribution >= 0.6 is 0 Å². The van der Waals surface area contributed by atoms with E-state index in [0.717, 1.165) is 5.56 Å². The molecule has 0 unspecified atom stereocenters. The maximum Gasteiger partial charge on any atom is 0.310 e. The highest BCUT2D eigenvalue weighted by Gasteiger charge is 2.27. The van der Waals surface area contributed by atoms with Gasteiger partial charge in [0, 0.05) is 24.5 Å². The summed E-state index contributed by atoms with van der Waals surface area (Å²) in [7, 11) is 0. The maximum atomic E-state index is 13.1. The van der Waals surface area contributed by atoms with Gasteiger partial charge in [-0.15, -0.1) is 0 Å². The Bertz CT molecular complexity index is 882. The molecule has 5 nitrogen and oxygen atoms in total. The van der Waals surface area contributed by atoms with Crippen LogP contribution in [0, 0.1) is 0 Å². The van der Waals surface area contributed by atoms with Crippen LogP contribution in [0.5, 0.6) is 11.5 Å². The van der Waals surface area contributed by atoms with Crippen LogP contribution in [0.1, 0.15) is 53.7 Å². The third-order valence-electron chi connectivity index (χ3n) is 4.34. The van der Waals surface area contributed by atoms with Gasteiger partial charge < -0.3 is 9.47 Å². The minimum atomic E-state index is -0.448. The highest BCUT2D eigenvalue weighted by Crippen LogP contribution is 2.35. The van der Waals surface area contributed by atoms with Gasteiger partial charge in [-0.3, -0.25) is 14.4 Å². The third kappa shape index (κ3) is 3.52. The number of esters is 2. The number of ketones is 1. The number of rotatable bonds is 4. The predicted molar refractivity (Wildman–Crippen MR) is 95.6 cm³/mol. The molecule has 1 aliphatic carbocycles. The summed E-state index contributed by atoms with van der Waals surface area (Å²) in [6.07, 6.45) is 1.68. The van der Waals surface area contributed by atoms with E-state index in [9.17, 15) is 14.4 Å². The van der Waals surface area contributed by atoms with E-state index in [0.29, 0.717) is 29.5 Å². The first-order valence-corrected chi connectivity index (χ1v) is 8.74. The first-order chi connectivity index (χ1) is 12.5. The van der Waals surface area contributed by atoms with Crippen LogP contribution in [0.25, 0.3) is 0 Å². The number of carbonyl (C=O) groups excluding carboxylic acids is 3. The molecule has 3 rings (SSSR count). The molecule has 0 saturated carbocycles. The van der Waals surface area contributed by atoms with Crippen molar-refractivity contribution in [3.8, 4) is 11.5 Å². The van der Waals surface area contributed by atoms with Gasteiger partial charge >= 0.3 is 11.9 Å². The number of hydrogen-bond acceptors (Lipinski definition) is 5. The average molecular weight is 352 g/mol. The molecule has 0 bridgehead atoms. The van der Waals surface area contributed by atoms with Crippen molar-refractivity contribution in [3.63, 3.8) is 0 Å². The van der Waals surface area contributed by atoms with Crippen molar-refractivity contribution >= 4 is 17.7 Å². The Morgan fingerprint density at radius 1 is 0.923 bits per heavy atom. The van der Waals surface area contributed by atoms with Crippen molar-refractivity contribution in [2.24, 2.45) is 0 Å². The Morgan fingerprint density at radius 3 is 2.31 bits per heavy atom. The standard InChI is InChI=1S/C21H20O5/c1-3-18(22)25-15-11-14-10-9-13-7-5-6-8-16(13)21(24)20(14)17(12-15)26-19(23)4-2/h5-8,11-12H,3-4,9-10H2,1-2H3. The van der Waals surface area contributed by atoms with Crippen LogP contribution in [0.15, 0.2) is 36.4 Å². The van der Waals surface area contributed by atoms with Crippen molar-refractivity contribution in [1.82, 2.24) is 0 Å². The molecule has 0 heterocycles. The van der Waals surface area contributed by atoms with E-state index in [1.165, 1.54) is 6.07 Å². The lowest BCUT2D eigenvalue weighted by Gasteiger charge is -2.14. The smallest absolute Gasteiger partial charge is 0.310 e. The molecule has 2 aromatic rings. The molecule has 0 fully saturated rings. The highest BCUT2D eigenvalue weighted by molar-refractivity contribution is 6.13. The van der Waals surface area contributed by atoms with Crippen molar-refractivity contribution in [1.29, 1.82) is 0 Å². The molecule has 0 N–H and O–H groups in total. The molecule has 0 aromatic heterocycles. The Balaban J connectivity index is 2.12. The Hall–Kier alpha value is -2.95. The minimum Gasteiger partial charge on any atom is -0.426 e. The molecule has 134 valence electrons. The number of hydrogen-bond donors (Lipinski definition) is 0. The number of benzene rings is 2. The van der Waals surface area contributed by atoms with Gasteiger partial charge in [0.25, 0.3) is 0 Å². The lowest BCUT2D eigenvalue weighted by atomic mass is 9.97. The van der Waals surface area contributed by atoms with Crippen LogP contribution in [-0.2, 0) is 22.4 Å². The van der Waals surface area contributed by atoms with E-state index in [1.54, 1.807) is 26.0 Å². The van der Waals surface area contributed by atoms with Crippen LogP contribution < -0.4 is 9.47 Å². The summed E-state index contributed by atoms with van der Waals surface area (Å²) < 4.78 is 10.7. The SMILES string of the molecule is CCC(=O)Oc1cc2c(c(OC(=O)CC)c1)C(=O)c1ccccc1CC2. The van der Waals surface area contributed by atoms with E-state index in [4.69, 9.17) is 9.47 Å². The van der Waals surface area contributed by atoms with Crippen molar-refractivity contribution < 1.29 is 23.9 Å². The van der Waals surface area contributed by atoms with E-state index in [2.05, 4.69) is 0 Å². The fraction of sp³-hybridized carbons (Fsp3) is 0.286. The van der Waals surface area contributed by atoms with E-state index in [-0.39, 0.29) is 36.1 Å². The zero-order chi connectivity index (χ0) is 18.7. The van der Waals surface area contributed by atoms with Crippen LogP contribution in [0.3, 0.4) is 0 Å². The van der Waals surface area contributed by atoms with Crippen molar-refractivity contribution in [2.75, 3.05) is 0 Å². The van der Waals surface area contributed by atoms with Crippen molar-refractivity contribution in [3.05, 3.63) is 58.7 Å². The number of ether oxygens (including phenoxy) is 2. The summed E-state index contributed by atoms with van der Waals surface area (Å²) in [5.74, 6) is -0.582. The largest absolute Gasteiger partial charge is 0.426 e. The number of carbonyl (C=O) groups is 3. The third-order valence-corrected chi connectivity index (χ3v) is 4.34. The molecular weight excluding hydrogens is 332 g/mol. The first kappa shape index (κ1) is 17.9. The highest BCUT2D eigenvalue weighted by atomic mass is 16.5. The second-order valence-corrected chi connectivity index (χ2v) is 6.10. The molecule has 0 amide bonds. The zero-order valence-electron chi connectivity index (χ0n) is 14.8. The van der Waals surface area contributed by atoms with Gasteiger partial charge in [0.05, 0.1) is 5.56 Å². The predicted octanol–water partition coefficient (Wildman–Crippen LogP) is 3.65. The molecule has 1 aliphatic rings. The lowest BCUT2D eigenvalue weighted by molar-refractivity contribution is -0.134. The Labute approximate surface area is 151 Å². The summed E-state index contributed by atoms with van der Waals surface area (Å²) in [6, 6.07) is 10.6. The fourth-order valence-electron chi connectivity index (χ4n) is 3.00. The topological polar surface area (TPSA) is 69.7 Å². The summed E-state index contributed by atoms with van der Waals surface area (Å²) >= 11 is 0. The molecule has 26 heavy (non-hydrogen) atoms. The Morgan fingerprint density at radius 2 is 1.58 bits per heavy atom. The van der Waals surface area contributed by atoms with Gasteiger partial charge in [0.1, 0.15) is 11.5 Å². The summed E-state index contributed by atoms with van der Waals surface area (Å²) in [4.78, 5) is 36.6. The van der Waals surface area contributed by atoms with Gasteiger partial charge in [0.15, 0.2) is 5.78 Å². The number of aryl methyl sites for hydroxylation is 2. The van der Waals surface area contributed by atoms with E-state index < -0.39 is 5.97 Å². The summed E-state index contributed by atoms with van der Waals surface area (Å²) in [5.41, 5.74) is 2.64. The molecule has 0 atom stereocenters. The van der Waals surface area contributed by atoms with Gasteiger partial charge in [-0.25, -0.2) is 0 Å². The number of fused-ring (bicyclic) bond motifs is 2. The Kier molecular flexibility index (Phi) is 5.16.